The molecule has 0 aliphatic heterocycles. The van der Waals surface area contributed by atoms with Crippen molar-refractivity contribution in [3.8, 4) is 0 Å². The largest absolute Gasteiger partial charge is 0.726 e. The minimum atomic E-state index is -4.92. The van der Waals surface area contributed by atoms with Gasteiger partial charge >= 0.3 is 21.2 Å². The van der Waals surface area contributed by atoms with Crippen molar-refractivity contribution in [2.75, 3.05) is 0 Å². The Balaban J connectivity index is 0.000000347. The molecule has 0 radical (unpaired) electrons. The Hall–Kier alpha value is -1.10. The predicted molar refractivity (Wildman–Crippen MR) is 62.5 cm³/mol. The average Bonchev–Trinajstić information content (AvgIpc) is 2.33. The molecule has 2 aromatic rings. The summed E-state index contributed by atoms with van der Waals surface area (Å²) in [4.78, 5) is 0. The van der Waals surface area contributed by atoms with E-state index in [0.29, 0.717) is 0 Å². The molecule has 0 saturated carbocycles. The van der Waals surface area contributed by atoms with Crippen LogP contribution in [0.1, 0.15) is 0 Å². The molecular weight excluding hydrogens is 405 g/mol. The molecule has 2 rings (SSSR count). The number of rotatable bonds is 2. The van der Waals surface area contributed by atoms with Crippen LogP contribution in [0, 0.1) is 18.8 Å². The molecule has 1 N–H and O–H groups in total. The molecule has 0 spiro atoms. The Morgan fingerprint density at radius 1 is 0.850 bits per heavy atom. The van der Waals surface area contributed by atoms with Crippen LogP contribution in [0.2, 0.25) is 0 Å². The maximum atomic E-state index is 12.6. The van der Waals surface area contributed by atoms with Gasteiger partial charge < -0.3 is 4.55 Å². The third-order valence-corrected chi connectivity index (χ3v) is 4.51. The van der Waals surface area contributed by atoms with Gasteiger partial charge in [0.25, 0.3) is 0 Å². The summed E-state index contributed by atoms with van der Waals surface area (Å²) in [6.07, 6.45) is 0. The molecule has 0 heterocycles. The normalized spacial score (nSPS) is 10.6. The number of hydrogen-bond donors (Lipinski definition) is 1. The molecule has 108 valence electrons. The molecule has 0 saturated heterocycles. The van der Waals surface area contributed by atoms with Crippen LogP contribution < -0.4 is 21.2 Å². The van der Waals surface area contributed by atoms with E-state index in [2.05, 4.69) is 0 Å². The van der Waals surface area contributed by atoms with Gasteiger partial charge in [0, 0.05) is 0 Å². The minimum Gasteiger partial charge on any atom is -0.726 e. The fraction of sp³-hybridized carbons (Fsp3) is 0. The van der Waals surface area contributed by atoms with E-state index in [4.69, 9.17) is 17.5 Å². The topological polar surface area (TPSA) is 77.4 Å². The van der Waals surface area contributed by atoms with E-state index in [1.165, 1.54) is 24.3 Å². The molecule has 0 atom stereocenters. The number of hydrogen-bond acceptors (Lipinski definition) is 3. The monoisotopic (exact) mass is 414 g/mol. The molecule has 8 heteroatoms. The van der Waals surface area contributed by atoms with Gasteiger partial charge in [0.05, 0.1) is 0 Å². The van der Waals surface area contributed by atoms with Crippen LogP contribution in [0.25, 0.3) is 0 Å². The molecule has 0 aliphatic rings. The van der Waals surface area contributed by atoms with Crippen molar-refractivity contribution in [1.82, 2.24) is 0 Å². The second-order valence-corrected chi connectivity index (χ2v) is 7.28. The van der Waals surface area contributed by atoms with Gasteiger partial charge in [0.15, 0.2) is 7.14 Å². The van der Waals surface area contributed by atoms with Gasteiger partial charge in [-0.3, -0.25) is 4.55 Å². The van der Waals surface area contributed by atoms with Crippen molar-refractivity contribution in [3.63, 3.8) is 0 Å². The molecule has 0 aromatic heterocycles. The summed E-state index contributed by atoms with van der Waals surface area (Å²) >= 11 is -0.330. The predicted octanol–water partition coefficient (Wildman–Crippen LogP) is -0.902. The molecular formula is C12H9F2IO4S. The number of halogens is 3. The summed E-state index contributed by atoms with van der Waals surface area (Å²) in [5.74, 6) is -0.441. The van der Waals surface area contributed by atoms with E-state index < -0.39 is 10.4 Å². The fourth-order valence-corrected chi connectivity index (χ4v) is 3.27. The molecule has 0 unspecified atom stereocenters. The fourth-order valence-electron chi connectivity index (χ4n) is 1.11. The average molecular weight is 414 g/mol. The van der Waals surface area contributed by atoms with Crippen molar-refractivity contribution >= 4 is 10.4 Å². The maximum Gasteiger partial charge on any atom is 0.357 e. The Bertz CT molecular complexity index is 591. The summed E-state index contributed by atoms with van der Waals surface area (Å²) in [5.41, 5.74) is 0. The second-order valence-electron chi connectivity index (χ2n) is 3.40. The van der Waals surface area contributed by atoms with Gasteiger partial charge in [-0.1, -0.05) is 0 Å². The number of benzene rings is 2. The Morgan fingerprint density at radius 3 is 1.35 bits per heavy atom. The molecule has 0 fully saturated rings. The smallest absolute Gasteiger partial charge is 0.357 e. The van der Waals surface area contributed by atoms with Crippen LogP contribution >= 0.6 is 0 Å². The summed E-state index contributed by atoms with van der Waals surface area (Å²) in [7, 11) is -4.92. The van der Waals surface area contributed by atoms with Crippen LogP contribution in [0.5, 0.6) is 0 Å². The quantitative estimate of drug-likeness (QED) is 0.393. The Labute approximate surface area is 125 Å². The van der Waals surface area contributed by atoms with Gasteiger partial charge in [-0.25, -0.2) is 17.2 Å². The van der Waals surface area contributed by atoms with Crippen molar-refractivity contribution in [2.24, 2.45) is 0 Å². The van der Waals surface area contributed by atoms with Gasteiger partial charge in [0.2, 0.25) is 10.4 Å². The first kappa shape index (κ1) is 17.0. The third-order valence-electron chi connectivity index (χ3n) is 1.83. The molecule has 4 nitrogen and oxygen atoms in total. The lowest BCUT2D eigenvalue weighted by Gasteiger charge is -1.88. The lowest BCUT2D eigenvalue weighted by atomic mass is 10.4. The zero-order valence-electron chi connectivity index (χ0n) is 9.83. The zero-order chi connectivity index (χ0) is 15.2. The van der Waals surface area contributed by atoms with E-state index >= 15 is 0 Å². The van der Waals surface area contributed by atoms with E-state index in [-0.39, 0.29) is 32.8 Å². The van der Waals surface area contributed by atoms with Crippen LogP contribution in [0.4, 0.5) is 8.78 Å². The first-order valence-electron chi connectivity index (χ1n) is 5.08. The van der Waals surface area contributed by atoms with E-state index in [1.54, 1.807) is 24.3 Å². The van der Waals surface area contributed by atoms with Crippen LogP contribution in [0.15, 0.2) is 48.5 Å². The Morgan fingerprint density at radius 2 is 1.10 bits per heavy atom. The highest BCUT2D eigenvalue weighted by molar-refractivity contribution is 7.79. The van der Waals surface area contributed by atoms with Crippen LogP contribution in [-0.4, -0.2) is 17.5 Å². The van der Waals surface area contributed by atoms with Gasteiger partial charge in [-0.2, -0.15) is 0 Å². The third kappa shape index (κ3) is 8.15. The first-order chi connectivity index (χ1) is 9.24. The van der Waals surface area contributed by atoms with Crippen LogP contribution in [-0.2, 0) is 10.4 Å². The SMILES string of the molecule is Fc1ccc([I+]c2ccc(F)cc2)cc1.O=S(=O)([O-])O. The summed E-state index contributed by atoms with van der Waals surface area (Å²) < 4.78 is 60.4. The van der Waals surface area contributed by atoms with E-state index in [1.807, 2.05) is 0 Å². The summed E-state index contributed by atoms with van der Waals surface area (Å²) in [5, 5.41) is 0. The highest BCUT2D eigenvalue weighted by Gasteiger charge is 2.14. The highest BCUT2D eigenvalue weighted by Crippen LogP contribution is 1.95. The van der Waals surface area contributed by atoms with E-state index in [9.17, 15) is 8.78 Å². The molecule has 0 bridgehead atoms. The van der Waals surface area contributed by atoms with Crippen molar-refractivity contribution in [2.45, 2.75) is 0 Å². The first-order valence-corrected chi connectivity index (χ1v) is 8.60. The van der Waals surface area contributed by atoms with Crippen molar-refractivity contribution in [1.29, 1.82) is 0 Å². The van der Waals surface area contributed by atoms with Crippen molar-refractivity contribution < 1.29 is 47.5 Å². The molecule has 20 heavy (non-hydrogen) atoms. The zero-order valence-corrected chi connectivity index (χ0v) is 12.8. The van der Waals surface area contributed by atoms with Crippen molar-refractivity contribution in [3.05, 3.63) is 67.3 Å². The molecule has 2 aromatic carbocycles. The standard InChI is InChI=1S/C12H8F2I.H2O4S/c13-9-1-5-11(6-2-9)15-12-7-3-10(14)4-8-12;1-5(2,3)4/h1-8H;(H2,1,2,3,4)/q+1;/p-1. The minimum absolute atomic E-state index is 0.220. The summed E-state index contributed by atoms with van der Waals surface area (Å²) in [6, 6.07) is 13.0. The maximum absolute atomic E-state index is 12.6. The second kappa shape index (κ2) is 7.62. The van der Waals surface area contributed by atoms with Gasteiger partial charge in [-0.15, -0.1) is 0 Å². The van der Waals surface area contributed by atoms with Crippen LogP contribution in [0.3, 0.4) is 0 Å². The lowest BCUT2D eigenvalue weighted by Crippen LogP contribution is -3.61. The Kier molecular flexibility index (Phi) is 6.46. The van der Waals surface area contributed by atoms with Gasteiger partial charge in [-0.05, 0) is 48.5 Å². The highest BCUT2D eigenvalue weighted by atomic mass is 127. The lowest BCUT2D eigenvalue weighted by molar-refractivity contribution is -0.597. The van der Waals surface area contributed by atoms with Gasteiger partial charge in [0.1, 0.15) is 11.6 Å². The molecule has 0 aliphatic carbocycles. The van der Waals surface area contributed by atoms with E-state index in [0.717, 1.165) is 7.14 Å². The summed E-state index contributed by atoms with van der Waals surface area (Å²) in [6.45, 7) is 0. The molecule has 0 amide bonds.